The summed E-state index contributed by atoms with van der Waals surface area (Å²) < 4.78 is 6.93. The van der Waals surface area contributed by atoms with Gasteiger partial charge in [0.05, 0.1) is 16.8 Å². The summed E-state index contributed by atoms with van der Waals surface area (Å²) in [5.74, 6) is 0.936. The Bertz CT molecular complexity index is 739. The van der Waals surface area contributed by atoms with E-state index in [-0.39, 0.29) is 0 Å². The van der Waals surface area contributed by atoms with Crippen molar-refractivity contribution >= 4 is 26.7 Å². The summed E-state index contributed by atoms with van der Waals surface area (Å²) in [5, 5.41) is 4.39. The summed E-state index contributed by atoms with van der Waals surface area (Å²) >= 11 is 1.68. The number of anilines is 1. The van der Waals surface area contributed by atoms with E-state index in [0.29, 0.717) is 0 Å². The van der Waals surface area contributed by atoms with Crippen molar-refractivity contribution < 1.29 is 4.74 Å². The van der Waals surface area contributed by atoms with Crippen molar-refractivity contribution in [3.8, 4) is 5.75 Å². The minimum absolute atomic E-state index is 0.781. The van der Waals surface area contributed by atoms with E-state index in [0.717, 1.165) is 48.8 Å². The molecule has 0 amide bonds. The highest BCUT2D eigenvalue weighted by molar-refractivity contribution is 7.22. The second-order valence-corrected chi connectivity index (χ2v) is 6.54. The number of nitrogens with one attached hydrogen (secondary N) is 1. The van der Waals surface area contributed by atoms with E-state index in [4.69, 9.17) is 4.74 Å². The number of benzene rings is 2. The molecule has 0 bridgehead atoms. The van der Waals surface area contributed by atoms with Gasteiger partial charge in [-0.2, -0.15) is 0 Å². The molecule has 0 aliphatic heterocycles. The van der Waals surface area contributed by atoms with E-state index in [1.54, 1.807) is 11.3 Å². The summed E-state index contributed by atoms with van der Waals surface area (Å²) in [6.45, 7) is 3.84. The molecule has 3 rings (SSSR count). The molecule has 0 aliphatic carbocycles. The van der Waals surface area contributed by atoms with Gasteiger partial charge in [0.15, 0.2) is 5.13 Å². The van der Waals surface area contributed by atoms with Gasteiger partial charge in [-0.25, -0.2) is 4.98 Å². The van der Waals surface area contributed by atoms with Gasteiger partial charge in [-0.1, -0.05) is 55.0 Å². The normalized spacial score (nSPS) is 10.8. The van der Waals surface area contributed by atoms with Gasteiger partial charge < -0.3 is 10.1 Å². The zero-order chi connectivity index (χ0) is 15.9. The number of thiazole rings is 1. The van der Waals surface area contributed by atoms with Crippen molar-refractivity contribution in [1.29, 1.82) is 0 Å². The number of fused-ring (bicyclic) bond motifs is 1. The first-order chi connectivity index (χ1) is 11.3. The summed E-state index contributed by atoms with van der Waals surface area (Å²) in [7, 11) is 0. The Morgan fingerprint density at radius 3 is 2.83 bits per heavy atom. The summed E-state index contributed by atoms with van der Waals surface area (Å²) in [6.07, 6.45) is 3.24. The van der Waals surface area contributed by atoms with Crippen molar-refractivity contribution in [3.63, 3.8) is 0 Å². The standard InChI is InChI=1S/C19H22N2OS/c1-2-3-13-22-16-9-10-17-18(14-16)23-19(21-17)20-12-11-15-7-5-4-6-8-15/h4-10,14H,2-3,11-13H2,1H3,(H,20,21). The Kier molecular flexibility index (Phi) is 5.48. The Morgan fingerprint density at radius 2 is 2.00 bits per heavy atom. The Morgan fingerprint density at radius 1 is 1.13 bits per heavy atom. The summed E-state index contributed by atoms with van der Waals surface area (Å²) in [5.41, 5.74) is 2.37. The Hall–Kier alpha value is -2.07. The molecule has 0 fully saturated rings. The lowest BCUT2D eigenvalue weighted by atomic mass is 10.2. The Balaban J connectivity index is 1.58. The molecule has 4 heteroatoms. The number of nitrogens with zero attached hydrogens (tertiary/aromatic N) is 1. The smallest absolute Gasteiger partial charge is 0.183 e. The fourth-order valence-electron chi connectivity index (χ4n) is 2.36. The van der Waals surface area contributed by atoms with E-state index >= 15 is 0 Å². The molecule has 0 saturated carbocycles. The summed E-state index contributed by atoms with van der Waals surface area (Å²) in [4.78, 5) is 4.63. The van der Waals surface area contributed by atoms with Crippen LogP contribution in [-0.2, 0) is 6.42 Å². The highest BCUT2D eigenvalue weighted by Gasteiger charge is 2.05. The lowest BCUT2D eigenvalue weighted by Gasteiger charge is -2.04. The molecule has 0 unspecified atom stereocenters. The van der Waals surface area contributed by atoms with Crippen LogP contribution in [0.3, 0.4) is 0 Å². The molecular weight excluding hydrogens is 304 g/mol. The predicted octanol–water partition coefficient (Wildman–Crippen LogP) is 5.13. The number of hydrogen-bond acceptors (Lipinski definition) is 4. The average molecular weight is 326 g/mol. The van der Waals surface area contributed by atoms with Gasteiger partial charge in [-0.3, -0.25) is 0 Å². The minimum Gasteiger partial charge on any atom is -0.494 e. The van der Waals surface area contributed by atoms with Crippen LogP contribution in [-0.4, -0.2) is 18.1 Å². The van der Waals surface area contributed by atoms with Crippen LogP contribution in [0.25, 0.3) is 10.2 Å². The zero-order valence-corrected chi connectivity index (χ0v) is 14.2. The van der Waals surface area contributed by atoms with E-state index < -0.39 is 0 Å². The number of ether oxygens (including phenoxy) is 1. The van der Waals surface area contributed by atoms with Crippen LogP contribution in [0.15, 0.2) is 48.5 Å². The van der Waals surface area contributed by atoms with Crippen LogP contribution in [0.5, 0.6) is 5.75 Å². The number of aromatic nitrogens is 1. The highest BCUT2D eigenvalue weighted by Crippen LogP contribution is 2.29. The first-order valence-corrected chi connectivity index (χ1v) is 8.98. The van der Waals surface area contributed by atoms with Crippen LogP contribution >= 0.6 is 11.3 Å². The van der Waals surface area contributed by atoms with Crippen LogP contribution < -0.4 is 10.1 Å². The van der Waals surface area contributed by atoms with Gasteiger partial charge in [0, 0.05) is 6.54 Å². The molecule has 0 aliphatic rings. The number of unbranched alkanes of at least 4 members (excludes halogenated alkanes) is 1. The second kappa shape index (κ2) is 7.97. The Labute approximate surface area is 141 Å². The second-order valence-electron chi connectivity index (χ2n) is 5.51. The highest BCUT2D eigenvalue weighted by atomic mass is 32.1. The lowest BCUT2D eigenvalue weighted by molar-refractivity contribution is 0.310. The molecule has 2 aromatic carbocycles. The molecule has 1 aromatic heterocycles. The molecule has 3 nitrogen and oxygen atoms in total. The monoisotopic (exact) mass is 326 g/mol. The van der Waals surface area contributed by atoms with E-state index in [9.17, 15) is 0 Å². The molecule has 0 atom stereocenters. The van der Waals surface area contributed by atoms with Crippen molar-refractivity contribution in [2.45, 2.75) is 26.2 Å². The predicted molar refractivity (Wildman–Crippen MR) is 98.7 cm³/mol. The molecule has 1 heterocycles. The molecule has 0 spiro atoms. The third kappa shape index (κ3) is 4.45. The van der Waals surface area contributed by atoms with Crippen molar-refractivity contribution in [3.05, 3.63) is 54.1 Å². The molecule has 1 N–H and O–H groups in total. The maximum Gasteiger partial charge on any atom is 0.183 e. The molecular formula is C19H22N2OS. The molecule has 23 heavy (non-hydrogen) atoms. The van der Waals surface area contributed by atoms with Gasteiger partial charge in [-0.15, -0.1) is 0 Å². The minimum atomic E-state index is 0.781. The SMILES string of the molecule is CCCCOc1ccc2nc(NCCc3ccccc3)sc2c1. The van der Waals surface area contributed by atoms with Gasteiger partial charge in [0.1, 0.15) is 5.75 Å². The fraction of sp³-hybridized carbons (Fsp3) is 0.316. The quantitative estimate of drug-likeness (QED) is 0.583. The summed E-state index contributed by atoms with van der Waals surface area (Å²) in [6, 6.07) is 16.6. The third-order valence-electron chi connectivity index (χ3n) is 3.66. The maximum atomic E-state index is 5.76. The van der Waals surface area contributed by atoms with Gasteiger partial charge in [0.25, 0.3) is 0 Å². The van der Waals surface area contributed by atoms with Crippen LogP contribution in [0.4, 0.5) is 5.13 Å². The van der Waals surface area contributed by atoms with Crippen LogP contribution in [0, 0.1) is 0 Å². The van der Waals surface area contributed by atoms with E-state index in [1.165, 1.54) is 10.3 Å². The fourth-order valence-corrected chi connectivity index (χ4v) is 3.28. The molecule has 0 radical (unpaired) electrons. The third-order valence-corrected chi connectivity index (χ3v) is 4.64. The first-order valence-electron chi connectivity index (χ1n) is 8.16. The van der Waals surface area contributed by atoms with Gasteiger partial charge >= 0.3 is 0 Å². The lowest BCUT2D eigenvalue weighted by Crippen LogP contribution is -2.04. The van der Waals surface area contributed by atoms with Crippen molar-refractivity contribution in [2.75, 3.05) is 18.5 Å². The van der Waals surface area contributed by atoms with Gasteiger partial charge in [0.2, 0.25) is 0 Å². The number of hydrogen-bond donors (Lipinski definition) is 1. The zero-order valence-electron chi connectivity index (χ0n) is 13.4. The number of rotatable bonds is 8. The van der Waals surface area contributed by atoms with E-state index in [1.807, 2.05) is 18.2 Å². The van der Waals surface area contributed by atoms with Gasteiger partial charge in [-0.05, 0) is 36.6 Å². The van der Waals surface area contributed by atoms with E-state index in [2.05, 4.69) is 47.6 Å². The maximum absolute atomic E-state index is 5.76. The van der Waals surface area contributed by atoms with Crippen LogP contribution in [0.2, 0.25) is 0 Å². The average Bonchev–Trinajstić information content (AvgIpc) is 2.98. The van der Waals surface area contributed by atoms with Crippen molar-refractivity contribution in [2.24, 2.45) is 0 Å². The van der Waals surface area contributed by atoms with Crippen LogP contribution in [0.1, 0.15) is 25.3 Å². The molecule has 3 aromatic rings. The first kappa shape index (κ1) is 15.8. The topological polar surface area (TPSA) is 34.1 Å². The largest absolute Gasteiger partial charge is 0.494 e. The molecule has 0 saturated heterocycles. The van der Waals surface area contributed by atoms with Crippen molar-refractivity contribution in [1.82, 2.24) is 4.98 Å². The molecule has 120 valence electrons.